The van der Waals surface area contributed by atoms with Crippen molar-refractivity contribution < 1.29 is 13.2 Å². The Morgan fingerprint density at radius 1 is 1.15 bits per heavy atom. The zero-order chi connectivity index (χ0) is 24.2. The first-order valence-corrected chi connectivity index (χ1v) is 12.8. The average Bonchev–Trinajstić information content (AvgIpc) is 3.45. The summed E-state index contributed by atoms with van der Waals surface area (Å²) in [6.07, 6.45) is 4.81. The molecule has 176 valence electrons. The Morgan fingerprint density at radius 2 is 1.91 bits per heavy atom. The van der Waals surface area contributed by atoms with Crippen molar-refractivity contribution in [1.82, 2.24) is 24.7 Å². The monoisotopic (exact) mass is 479 g/mol. The van der Waals surface area contributed by atoms with E-state index in [0.717, 1.165) is 24.1 Å². The highest BCUT2D eigenvalue weighted by atomic mass is 32.2. The molecule has 3 heterocycles. The van der Waals surface area contributed by atoms with Crippen molar-refractivity contribution in [3.63, 3.8) is 0 Å². The van der Waals surface area contributed by atoms with Gasteiger partial charge in [-0.3, -0.25) is 9.48 Å². The Hall–Kier alpha value is -3.73. The quantitative estimate of drug-likeness (QED) is 0.385. The SMILES string of the molecule is Cc1nc2c(Nc3ccc(-c4nn(C)cc4C)cc3S(C)(=O)=O)cc(NC(=O)C3CC3)nc2[nH]1. The third-order valence-electron chi connectivity index (χ3n) is 5.71. The van der Waals surface area contributed by atoms with Gasteiger partial charge >= 0.3 is 0 Å². The van der Waals surface area contributed by atoms with Gasteiger partial charge in [0.1, 0.15) is 17.2 Å². The number of fused-ring (bicyclic) bond motifs is 1. The van der Waals surface area contributed by atoms with Gasteiger partial charge < -0.3 is 15.6 Å². The molecule has 3 aromatic heterocycles. The molecule has 0 radical (unpaired) electrons. The van der Waals surface area contributed by atoms with Crippen molar-refractivity contribution >= 4 is 44.1 Å². The van der Waals surface area contributed by atoms with Crippen molar-refractivity contribution in [2.75, 3.05) is 16.9 Å². The number of benzene rings is 1. The summed E-state index contributed by atoms with van der Waals surface area (Å²) in [6.45, 7) is 3.74. The number of carbonyl (C=O) groups excluding carboxylic acids is 1. The first kappa shape index (κ1) is 22.1. The van der Waals surface area contributed by atoms with Gasteiger partial charge in [-0.1, -0.05) is 6.07 Å². The molecule has 0 saturated heterocycles. The molecule has 1 aromatic carbocycles. The fourth-order valence-electron chi connectivity index (χ4n) is 3.96. The van der Waals surface area contributed by atoms with Gasteiger partial charge in [-0.2, -0.15) is 5.10 Å². The van der Waals surface area contributed by atoms with Crippen LogP contribution in [0.2, 0.25) is 0 Å². The fourth-order valence-corrected chi connectivity index (χ4v) is 4.82. The standard InChI is InChI=1S/C23H25N7O3S/c1-12-11-30(3)29-20(12)15-7-8-16(18(9-15)34(4,32)33)26-17-10-19(28-23(31)14-5-6-14)27-22-21(17)24-13(2)25-22/h7-11,14H,5-6H2,1-4H3,(H3,24,25,26,27,28,31). The maximum atomic E-state index is 12.7. The molecule has 0 spiro atoms. The predicted molar refractivity (Wildman–Crippen MR) is 130 cm³/mol. The van der Waals surface area contributed by atoms with E-state index < -0.39 is 9.84 Å². The highest BCUT2D eigenvalue weighted by Crippen LogP contribution is 2.34. The van der Waals surface area contributed by atoms with Gasteiger partial charge in [0.15, 0.2) is 15.5 Å². The number of H-pyrrole nitrogens is 1. The number of rotatable bonds is 6. The molecule has 3 N–H and O–H groups in total. The van der Waals surface area contributed by atoms with Crippen LogP contribution in [0.4, 0.5) is 17.2 Å². The summed E-state index contributed by atoms with van der Waals surface area (Å²) in [7, 11) is -1.76. The third-order valence-corrected chi connectivity index (χ3v) is 6.84. The number of nitrogens with one attached hydrogen (secondary N) is 3. The molecule has 1 saturated carbocycles. The molecule has 0 aliphatic heterocycles. The Morgan fingerprint density at radius 3 is 2.56 bits per heavy atom. The van der Waals surface area contributed by atoms with Crippen LogP contribution in [0.1, 0.15) is 24.2 Å². The number of aromatic nitrogens is 5. The Balaban J connectivity index is 1.58. The van der Waals surface area contributed by atoms with Crippen LogP contribution in [0, 0.1) is 19.8 Å². The van der Waals surface area contributed by atoms with Gasteiger partial charge in [0.2, 0.25) is 5.91 Å². The van der Waals surface area contributed by atoms with Crippen molar-refractivity contribution in [3.8, 4) is 11.3 Å². The van der Waals surface area contributed by atoms with Gasteiger partial charge in [0.25, 0.3) is 0 Å². The molecule has 10 nitrogen and oxygen atoms in total. The van der Waals surface area contributed by atoms with E-state index >= 15 is 0 Å². The zero-order valence-corrected chi connectivity index (χ0v) is 20.1. The smallest absolute Gasteiger partial charge is 0.228 e. The first-order valence-electron chi connectivity index (χ1n) is 10.9. The average molecular weight is 480 g/mol. The van der Waals surface area contributed by atoms with Crippen LogP contribution in [-0.4, -0.2) is 45.3 Å². The van der Waals surface area contributed by atoms with Crippen molar-refractivity contribution in [3.05, 3.63) is 41.9 Å². The lowest BCUT2D eigenvalue weighted by Crippen LogP contribution is -2.14. The predicted octanol–water partition coefficient (Wildman–Crippen LogP) is 3.47. The molecule has 0 unspecified atom stereocenters. The molecule has 1 fully saturated rings. The molecule has 11 heteroatoms. The molecular formula is C23H25N7O3S. The number of pyridine rings is 1. The van der Waals surface area contributed by atoms with E-state index in [1.807, 2.05) is 26.2 Å². The van der Waals surface area contributed by atoms with Gasteiger partial charge in [-0.25, -0.2) is 18.4 Å². The number of hydrogen-bond acceptors (Lipinski definition) is 7. The number of imidazole rings is 1. The third kappa shape index (κ3) is 4.26. The van der Waals surface area contributed by atoms with Gasteiger partial charge in [0, 0.05) is 37.0 Å². The van der Waals surface area contributed by atoms with E-state index in [4.69, 9.17) is 0 Å². The second-order valence-corrected chi connectivity index (χ2v) is 10.8. The molecule has 1 aliphatic carbocycles. The van der Waals surface area contributed by atoms with E-state index in [1.54, 1.807) is 29.8 Å². The first-order chi connectivity index (χ1) is 16.1. The van der Waals surface area contributed by atoms with E-state index in [-0.39, 0.29) is 16.7 Å². The van der Waals surface area contributed by atoms with Crippen LogP contribution < -0.4 is 10.6 Å². The highest BCUT2D eigenvalue weighted by molar-refractivity contribution is 7.90. The fraction of sp³-hybridized carbons (Fsp3) is 0.304. The van der Waals surface area contributed by atoms with E-state index in [1.165, 1.54) is 6.26 Å². The van der Waals surface area contributed by atoms with Crippen LogP contribution in [-0.2, 0) is 21.7 Å². The Bertz CT molecular complexity index is 1550. The van der Waals surface area contributed by atoms with Crippen LogP contribution >= 0.6 is 0 Å². The molecule has 1 aliphatic rings. The molecule has 1 amide bonds. The molecule has 0 bridgehead atoms. The van der Waals surface area contributed by atoms with Crippen LogP contribution in [0.15, 0.2) is 35.4 Å². The van der Waals surface area contributed by atoms with Crippen molar-refractivity contribution in [1.29, 1.82) is 0 Å². The number of nitrogens with zero attached hydrogens (tertiary/aromatic N) is 4. The van der Waals surface area contributed by atoms with Gasteiger partial charge in [-0.15, -0.1) is 0 Å². The zero-order valence-electron chi connectivity index (χ0n) is 19.3. The summed E-state index contributed by atoms with van der Waals surface area (Å²) in [5.74, 6) is 0.982. The Kier molecular flexibility index (Phi) is 5.16. The second-order valence-electron chi connectivity index (χ2n) is 8.78. The minimum Gasteiger partial charge on any atom is -0.352 e. The largest absolute Gasteiger partial charge is 0.352 e. The minimum atomic E-state index is -3.58. The molecular weight excluding hydrogens is 454 g/mol. The topological polar surface area (TPSA) is 135 Å². The summed E-state index contributed by atoms with van der Waals surface area (Å²) < 4.78 is 27.1. The summed E-state index contributed by atoms with van der Waals surface area (Å²) in [5, 5.41) is 10.5. The highest BCUT2D eigenvalue weighted by Gasteiger charge is 2.30. The summed E-state index contributed by atoms with van der Waals surface area (Å²) in [4.78, 5) is 24.5. The van der Waals surface area contributed by atoms with Gasteiger partial charge in [-0.05, 0) is 44.4 Å². The lowest BCUT2D eigenvalue weighted by Gasteiger charge is -2.14. The number of hydrogen-bond donors (Lipinski definition) is 3. The van der Waals surface area contributed by atoms with Crippen molar-refractivity contribution in [2.45, 2.75) is 31.6 Å². The van der Waals surface area contributed by atoms with Gasteiger partial charge in [0.05, 0.1) is 22.0 Å². The molecule has 4 aromatic rings. The van der Waals surface area contributed by atoms with Crippen LogP contribution in [0.3, 0.4) is 0 Å². The summed E-state index contributed by atoms with van der Waals surface area (Å²) in [5.41, 5.74) is 4.34. The van der Waals surface area contributed by atoms with E-state index in [2.05, 4.69) is 30.7 Å². The lowest BCUT2D eigenvalue weighted by molar-refractivity contribution is -0.117. The number of aryl methyl sites for hydroxylation is 3. The number of sulfone groups is 1. The molecule has 5 rings (SSSR count). The van der Waals surface area contributed by atoms with Crippen LogP contribution in [0.5, 0.6) is 0 Å². The number of amides is 1. The number of carbonyl (C=O) groups is 1. The maximum Gasteiger partial charge on any atom is 0.228 e. The van der Waals surface area contributed by atoms with E-state index in [9.17, 15) is 13.2 Å². The summed E-state index contributed by atoms with van der Waals surface area (Å²) in [6, 6.07) is 6.84. The van der Waals surface area contributed by atoms with E-state index in [0.29, 0.717) is 39.7 Å². The number of anilines is 3. The molecule has 34 heavy (non-hydrogen) atoms. The lowest BCUT2D eigenvalue weighted by atomic mass is 10.1. The number of aromatic amines is 1. The Labute approximate surface area is 196 Å². The van der Waals surface area contributed by atoms with Crippen LogP contribution in [0.25, 0.3) is 22.4 Å². The van der Waals surface area contributed by atoms with Crippen molar-refractivity contribution in [2.24, 2.45) is 13.0 Å². The molecule has 0 atom stereocenters. The second kappa shape index (κ2) is 7.94. The minimum absolute atomic E-state index is 0.0249. The summed E-state index contributed by atoms with van der Waals surface area (Å²) >= 11 is 0. The normalized spacial score (nSPS) is 13.9. The maximum absolute atomic E-state index is 12.7.